The van der Waals surface area contributed by atoms with Crippen LogP contribution in [-0.4, -0.2) is 20.9 Å². The molecule has 2 aromatic heterocycles. The van der Waals surface area contributed by atoms with Crippen molar-refractivity contribution >= 4 is 34.1 Å². The third-order valence-electron chi connectivity index (χ3n) is 3.88. The van der Waals surface area contributed by atoms with Crippen LogP contribution >= 0.6 is 0 Å². The van der Waals surface area contributed by atoms with Gasteiger partial charge in [0.2, 0.25) is 5.95 Å². The fourth-order valence-corrected chi connectivity index (χ4v) is 2.60. The van der Waals surface area contributed by atoms with Gasteiger partial charge in [-0.1, -0.05) is 24.3 Å². The van der Waals surface area contributed by atoms with Crippen molar-refractivity contribution in [3.8, 4) is 0 Å². The van der Waals surface area contributed by atoms with Gasteiger partial charge in [-0.05, 0) is 30.3 Å². The number of nitrogens with one attached hydrogen (secondary N) is 2. The average Bonchev–Trinajstić information content (AvgIpc) is 2.69. The lowest BCUT2D eigenvalue weighted by Gasteiger charge is -2.08. The van der Waals surface area contributed by atoms with E-state index in [1.54, 1.807) is 12.3 Å². The van der Waals surface area contributed by atoms with E-state index in [4.69, 9.17) is 0 Å². The molecular weight excluding hydrogens is 345 g/mol. The van der Waals surface area contributed by atoms with Crippen LogP contribution in [0.5, 0.6) is 0 Å². The van der Waals surface area contributed by atoms with E-state index in [0.29, 0.717) is 11.6 Å². The lowest BCUT2D eigenvalue weighted by molar-refractivity contribution is 0.102. The number of carbonyl (C=O) groups excluding carboxylic acids is 1. The Labute approximate surface area is 154 Å². The number of fused-ring (bicyclic) bond motifs is 1. The van der Waals surface area contributed by atoms with Crippen molar-refractivity contribution in [3.05, 3.63) is 84.6 Å². The lowest BCUT2D eigenvalue weighted by atomic mass is 10.2. The second-order valence-corrected chi connectivity index (χ2v) is 5.77. The molecule has 27 heavy (non-hydrogen) atoms. The molecule has 4 aromatic rings. The van der Waals surface area contributed by atoms with E-state index in [1.165, 1.54) is 30.6 Å². The number of hydrogen-bond acceptors (Lipinski definition) is 5. The second kappa shape index (κ2) is 7.17. The van der Waals surface area contributed by atoms with Crippen molar-refractivity contribution in [1.82, 2.24) is 15.0 Å². The normalized spacial score (nSPS) is 10.6. The van der Waals surface area contributed by atoms with Crippen LogP contribution in [0.2, 0.25) is 0 Å². The van der Waals surface area contributed by atoms with Crippen molar-refractivity contribution in [2.75, 3.05) is 10.6 Å². The van der Waals surface area contributed by atoms with Crippen LogP contribution in [-0.2, 0) is 0 Å². The Kier molecular flexibility index (Phi) is 4.40. The molecule has 0 unspecified atom stereocenters. The van der Waals surface area contributed by atoms with Gasteiger partial charge in [-0.2, -0.15) is 0 Å². The first-order chi connectivity index (χ1) is 13.2. The van der Waals surface area contributed by atoms with Gasteiger partial charge in [0.15, 0.2) is 0 Å². The summed E-state index contributed by atoms with van der Waals surface area (Å²) in [7, 11) is 0. The van der Waals surface area contributed by atoms with E-state index >= 15 is 0 Å². The monoisotopic (exact) mass is 359 g/mol. The molecule has 7 heteroatoms. The summed E-state index contributed by atoms with van der Waals surface area (Å²) in [5.41, 5.74) is 2.20. The molecule has 2 heterocycles. The van der Waals surface area contributed by atoms with Crippen molar-refractivity contribution in [2.45, 2.75) is 0 Å². The Balaban J connectivity index is 1.51. The average molecular weight is 359 g/mol. The van der Waals surface area contributed by atoms with E-state index < -0.39 is 11.7 Å². The number of amides is 1. The third kappa shape index (κ3) is 3.72. The van der Waals surface area contributed by atoms with Crippen LogP contribution in [0.4, 0.5) is 21.7 Å². The van der Waals surface area contributed by atoms with Crippen LogP contribution in [0.1, 0.15) is 10.4 Å². The molecule has 0 saturated carbocycles. The summed E-state index contributed by atoms with van der Waals surface area (Å²) in [6, 6.07) is 15.3. The van der Waals surface area contributed by atoms with E-state index in [9.17, 15) is 9.18 Å². The molecule has 0 spiro atoms. The molecule has 0 aliphatic rings. The summed E-state index contributed by atoms with van der Waals surface area (Å²) in [6.07, 6.45) is 4.53. The number of aromatic nitrogens is 3. The maximum atomic E-state index is 13.2. The van der Waals surface area contributed by atoms with E-state index in [2.05, 4.69) is 25.6 Å². The Morgan fingerprint density at radius 3 is 2.52 bits per heavy atom. The molecule has 4 rings (SSSR count). The van der Waals surface area contributed by atoms with Crippen LogP contribution in [0.3, 0.4) is 0 Å². The lowest BCUT2D eigenvalue weighted by Crippen LogP contribution is -2.13. The first kappa shape index (κ1) is 16.6. The number of halogens is 1. The predicted octanol–water partition coefficient (Wildman–Crippen LogP) is 4.16. The SMILES string of the molecule is O=C(Nc1cccc(F)c1)c1cnc(Nc2cccc3cccnc23)nc1. The van der Waals surface area contributed by atoms with Crippen LogP contribution in [0, 0.1) is 5.82 Å². The molecule has 0 saturated heterocycles. The maximum Gasteiger partial charge on any atom is 0.258 e. The summed E-state index contributed by atoms with van der Waals surface area (Å²) in [4.78, 5) is 24.9. The van der Waals surface area contributed by atoms with Crippen LogP contribution in [0.15, 0.2) is 73.2 Å². The quantitative estimate of drug-likeness (QED) is 0.572. The molecule has 2 aromatic carbocycles. The van der Waals surface area contributed by atoms with Crippen LogP contribution < -0.4 is 10.6 Å². The Bertz CT molecular complexity index is 1110. The molecule has 2 N–H and O–H groups in total. The van der Waals surface area contributed by atoms with Gasteiger partial charge in [0.25, 0.3) is 5.91 Å². The fourth-order valence-electron chi connectivity index (χ4n) is 2.60. The highest BCUT2D eigenvalue weighted by Gasteiger charge is 2.09. The Hall–Kier alpha value is -3.87. The molecule has 0 radical (unpaired) electrons. The minimum Gasteiger partial charge on any atom is -0.322 e. The fraction of sp³-hybridized carbons (Fsp3) is 0. The number of pyridine rings is 1. The number of hydrogen-bond donors (Lipinski definition) is 2. The van der Waals surface area contributed by atoms with Crippen molar-refractivity contribution in [2.24, 2.45) is 0 Å². The van der Waals surface area contributed by atoms with E-state index in [1.807, 2.05) is 30.3 Å². The van der Waals surface area contributed by atoms with Crippen molar-refractivity contribution < 1.29 is 9.18 Å². The zero-order valence-corrected chi connectivity index (χ0v) is 14.1. The van der Waals surface area contributed by atoms with Crippen molar-refractivity contribution in [3.63, 3.8) is 0 Å². The van der Waals surface area contributed by atoms with Gasteiger partial charge in [0.1, 0.15) is 5.82 Å². The predicted molar refractivity (Wildman–Crippen MR) is 101 cm³/mol. The Morgan fingerprint density at radius 2 is 1.70 bits per heavy atom. The topological polar surface area (TPSA) is 79.8 Å². The molecule has 0 atom stereocenters. The molecule has 0 bridgehead atoms. The highest BCUT2D eigenvalue weighted by Crippen LogP contribution is 2.22. The number of benzene rings is 2. The van der Waals surface area contributed by atoms with Crippen molar-refractivity contribution in [1.29, 1.82) is 0 Å². The van der Waals surface area contributed by atoms with Gasteiger partial charge in [0, 0.05) is 29.7 Å². The number of nitrogens with zero attached hydrogens (tertiary/aromatic N) is 3. The van der Waals surface area contributed by atoms with Gasteiger partial charge < -0.3 is 10.6 Å². The summed E-state index contributed by atoms with van der Waals surface area (Å²) in [5, 5.41) is 6.70. The summed E-state index contributed by atoms with van der Waals surface area (Å²) in [6.45, 7) is 0. The number of para-hydroxylation sites is 1. The minimum absolute atomic E-state index is 0.265. The molecule has 0 aliphatic carbocycles. The first-order valence-corrected chi connectivity index (χ1v) is 8.19. The second-order valence-electron chi connectivity index (χ2n) is 5.77. The highest BCUT2D eigenvalue weighted by molar-refractivity contribution is 6.03. The summed E-state index contributed by atoms with van der Waals surface area (Å²) >= 11 is 0. The van der Waals surface area contributed by atoms with Gasteiger partial charge >= 0.3 is 0 Å². The number of carbonyl (C=O) groups is 1. The van der Waals surface area contributed by atoms with E-state index in [0.717, 1.165) is 16.6 Å². The van der Waals surface area contributed by atoms with Gasteiger partial charge in [0.05, 0.1) is 16.8 Å². The third-order valence-corrected chi connectivity index (χ3v) is 3.88. The number of anilines is 3. The maximum absolute atomic E-state index is 13.2. The molecule has 1 amide bonds. The number of rotatable bonds is 4. The Morgan fingerprint density at radius 1 is 0.926 bits per heavy atom. The first-order valence-electron chi connectivity index (χ1n) is 8.19. The van der Waals surface area contributed by atoms with Gasteiger partial charge in [-0.15, -0.1) is 0 Å². The molecular formula is C20H14FN5O. The summed E-state index contributed by atoms with van der Waals surface area (Å²) in [5.74, 6) is -0.498. The van der Waals surface area contributed by atoms with E-state index in [-0.39, 0.29) is 5.56 Å². The standard InChI is InChI=1S/C20H14FN5O/c21-15-6-2-7-16(10-15)25-19(27)14-11-23-20(24-12-14)26-17-8-1-4-13-5-3-9-22-18(13)17/h1-12H,(H,25,27)(H,23,24,26). The zero-order valence-electron chi connectivity index (χ0n) is 14.1. The highest BCUT2D eigenvalue weighted by atomic mass is 19.1. The molecule has 0 fully saturated rings. The molecule has 0 aliphatic heterocycles. The van der Waals surface area contributed by atoms with Gasteiger partial charge in [-0.3, -0.25) is 9.78 Å². The zero-order chi connectivity index (χ0) is 18.6. The molecule has 6 nitrogen and oxygen atoms in total. The largest absolute Gasteiger partial charge is 0.322 e. The van der Waals surface area contributed by atoms with Crippen LogP contribution in [0.25, 0.3) is 10.9 Å². The van der Waals surface area contributed by atoms with Gasteiger partial charge in [-0.25, -0.2) is 14.4 Å². The smallest absolute Gasteiger partial charge is 0.258 e. The summed E-state index contributed by atoms with van der Waals surface area (Å²) < 4.78 is 13.2. The molecule has 132 valence electrons. The minimum atomic E-state index is -0.424.